The molecule has 0 saturated carbocycles. The van der Waals surface area contributed by atoms with Crippen molar-refractivity contribution >= 4 is 22.6 Å². The van der Waals surface area contributed by atoms with Gasteiger partial charge in [-0.05, 0) is 24.1 Å². The molecule has 120 valence electrons. The number of fused-ring (bicyclic) bond motifs is 2. The van der Waals surface area contributed by atoms with Crippen molar-refractivity contribution in [3.05, 3.63) is 43.6 Å². The van der Waals surface area contributed by atoms with Gasteiger partial charge in [-0.3, -0.25) is 9.78 Å². The van der Waals surface area contributed by atoms with Crippen LogP contribution in [0.3, 0.4) is 0 Å². The molecule has 0 aliphatic carbocycles. The number of H-pyrrole nitrogens is 1. The molecule has 0 atom stereocenters. The second kappa shape index (κ2) is 6.10. The van der Waals surface area contributed by atoms with Gasteiger partial charge < -0.3 is 9.30 Å². The highest BCUT2D eigenvalue weighted by atomic mass is 35.5. The minimum absolute atomic E-state index is 0.105. The number of aromatic nitrogens is 4. The number of nitrogens with zero attached hydrogens (tertiary/aromatic N) is 3. The quantitative estimate of drug-likeness (QED) is 0.729. The third-order valence-electron chi connectivity index (χ3n) is 3.68. The number of ether oxygens (including phenoxy) is 1. The molecule has 0 spiro atoms. The van der Waals surface area contributed by atoms with Gasteiger partial charge in [0.1, 0.15) is 0 Å². The van der Waals surface area contributed by atoms with Gasteiger partial charge in [0.2, 0.25) is 0 Å². The summed E-state index contributed by atoms with van der Waals surface area (Å²) in [4.78, 5) is 34.0. The minimum atomic E-state index is -0.695. The van der Waals surface area contributed by atoms with Crippen LogP contribution < -0.4 is 11.2 Å². The van der Waals surface area contributed by atoms with Crippen LogP contribution in [-0.2, 0) is 17.7 Å². The van der Waals surface area contributed by atoms with Gasteiger partial charge in [-0.2, -0.15) is 4.98 Å². The summed E-state index contributed by atoms with van der Waals surface area (Å²) in [6.45, 7) is 2.85. The first-order valence-electron chi connectivity index (χ1n) is 7.17. The van der Waals surface area contributed by atoms with Crippen molar-refractivity contribution in [3.8, 4) is 11.5 Å². The molecule has 0 bridgehead atoms. The second-order valence-electron chi connectivity index (χ2n) is 5.09. The van der Waals surface area contributed by atoms with E-state index in [0.29, 0.717) is 23.7 Å². The first-order chi connectivity index (χ1) is 11.0. The van der Waals surface area contributed by atoms with Crippen LogP contribution >= 0.6 is 11.6 Å². The maximum absolute atomic E-state index is 12.0. The van der Waals surface area contributed by atoms with Gasteiger partial charge in [-0.25, -0.2) is 9.78 Å². The number of methoxy groups -OCH3 is 1. The van der Waals surface area contributed by atoms with E-state index >= 15 is 0 Å². The maximum Gasteiger partial charge on any atom is 0.349 e. The third kappa shape index (κ3) is 2.73. The molecule has 1 N–H and O–H groups in total. The number of hydrogen-bond donors (Lipinski definition) is 1. The summed E-state index contributed by atoms with van der Waals surface area (Å²) in [6, 6.07) is 3.64. The summed E-state index contributed by atoms with van der Waals surface area (Å²) in [5.74, 6) is 0.243. The topological polar surface area (TPSA) is 89.9 Å². The molecule has 2 aliphatic heterocycles. The lowest BCUT2D eigenvalue weighted by atomic mass is 10.1. The minimum Gasteiger partial charge on any atom is -0.383 e. The van der Waals surface area contributed by atoms with Crippen molar-refractivity contribution in [2.24, 2.45) is 0 Å². The number of rotatable bonds is 4. The van der Waals surface area contributed by atoms with Crippen LogP contribution in [0.2, 0.25) is 5.02 Å². The second-order valence-corrected chi connectivity index (χ2v) is 5.49. The number of halogens is 1. The average molecular weight is 335 g/mol. The summed E-state index contributed by atoms with van der Waals surface area (Å²) in [6.07, 6.45) is 0.757. The van der Waals surface area contributed by atoms with Crippen LogP contribution in [0.15, 0.2) is 21.7 Å². The maximum atomic E-state index is 12.0. The van der Waals surface area contributed by atoms with E-state index in [1.54, 1.807) is 17.7 Å². The average Bonchev–Trinajstić information content (AvgIpc) is 2.51. The Morgan fingerprint density at radius 2 is 2.09 bits per heavy atom. The fraction of sp³-hybridized carbons (Fsp3) is 0.333. The van der Waals surface area contributed by atoms with E-state index in [-0.39, 0.29) is 11.5 Å². The number of aryl methyl sites for hydroxylation is 1. The molecule has 3 rings (SSSR count). The van der Waals surface area contributed by atoms with E-state index in [4.69, 9.17) is 16.3 Å². The van der Waals surface area contributed by atoms with E-state index < -0.39 is 11.2 Å². The Morgan fingerprint density at radius 3 is 2.78 bits per heavy atom. The van der Waals surface area contributed by atoms with Gasteiger partial charge in [0.15, 0.2) is 11.5 Å². The Bertz CT molecular complexity index is 963. The highest BCUT2D eigenvalue weighted by Gasteiger charge is 2.19. The summed E-state index contributed by atoms with van der Waals surface area (Å²) < 4.78 is 6.90. The normalized spacial score (nSPS) is 11.4. The van der Waals surface area contributed by atoms with Crippen molar-refractivity contribution in [1.29, 1.82) is 0 Å². The highest BCUT2D eigenvalue weighted by Crippen LogP contribution is 2.26. The van der Waals surface area contributed by atoms with Crippen LogP contribution in [0.1, 0.15) is 12.5 Å². The molecule has 0 radical (unpaired) electrons. The lowest BCUT2D eigenvalue weighted by molar-refractivity contribution is 0.188. The van der Waals surface area contributed by atoms with Crippen LogP contribution in [0, 0.1) is 0 Å². The van der Waals surface area contributed by atoms with Gasteiger partial charge in [-0.1, -0.05) is 18.5 Å². The first-order valence-corrected chi connectivity index (χ1v) is 7.55. The van der Waals surface area contributed by atoms with Crippen LogP contribution in [0.4, 0.5) is 0 Å². The number of hydrogen-bond acceptors (Lipinski definition) is 5. The molecule has 8 heteroatoms. The molecule has 2 heterocycles. The standard InChI is InChI=1S/C15H15ClN4O3/c1-3-8-6-11-10(7-9(8)16)17-12-13(20(11)4-5-23-2)18-15(22)19-14(12)21/h6-7H,3-5H2,1-2H3,(H,19,21,22). The molecular weight excluding hydrogens is 320 g/mol. The Hall–Kier alpha value is -2.25. The van der Waals surface area contributed by atoms with Crippen LogP contribution in [0.5, 0.6) is 0 Å². The Labute approximate surface area is 136 Å². The lowest BCUT2D eigenvalue weighted by Gasteiger charge is -2.17. The van der Waals surface area contributed by atoms with E-state index in [1.165, 1.54) is 0 Å². The smallest absolute Gasteiger partial charge is 0.349 e. The Balaban J connectivity index is 2.45. The molecule has 0 fully saturated rings. The highest BCUT2D eigenvalue weighted by molar-refractivity contribution is 6.32. The molecule has 7 nitrogen and oxygen atoms in total. The number of benzene rings is 1. The number of nitrogens with one attached hydrogen (secondary N) is 1. The zero-order valence-corrected chi connectivity index (χ0v) is 13.5. The zero-order valence-electron chi connectivity index (χ0n) is 12.7. The van der Waals surface area contributed by atoms with Gasteiger partial charge in [0.05, 0.1) is 17.6 Å². The summed E-state index contributed by atoms with van der Waals surface area (Å²) in [5, 5.41) is 0.593. The van der Waals surface area contributed by atoms with Crippen molar-refractivity contribution in [1.82, 2.24) is 19.5 Å². The molecule has 0 saturated heterocycles. The van der Waals surface area contributed by atoms with Crippen molar-refractivity contribution in [3.63, 3.8) is 0 Å². The van der Waals surface area contributed by atoms with Gasteiger partial charge in [-0.15, -0.1) is 0 Å². The fourth-order valence-corrected chi connectivity index (χ4v) is 2.83. The summed E-state index contributed by atoms with van der Waals surface area (Å²) in [7, 11) is 1.58. The SMILES string of the molecule is CCc1cc2c(cc1Cl)nc1c(=O)[nH]c(=O)nc-1n2CCOC. The van der Waals surface area contributed by atoms with E-state index in [2.05, 4.69) is 15.0 Å². The van der Waals surface area contributed by atoms with E-state index in [0.717, 1.165) is 17.5 Å². The number of aromatic amines is 1. The molecule has 0 amide bonds. The van der Waals surface area contributed by atoms with Gasteiger partial charge in [0, 0.05) is 18.7 Å². The van der Waals surface area contributed by atoms with Gasteiger partial charge >= 0.3 is 5.69 Å². The largest absolute Gasteiger partial charge is 0.383 e. The molecular formula is C15H15ClN4O3. The monoisotopic (exact) mass is 334 g/mol. The van der Waals surface area contributed by atoms with E-state index in [9.17, 15) is 9.59 Å². The molecule has 2 aliphatic rings. The summed E-state index contributed by atoms with van der Waals surface area (Å²) in [5.41, 5.74) is 1.13. The lowest BCUT2D eigenvalue weighted by Crippen LogP contribution is -2.29. The molecule has 0 unspecified atom stereocenters. The van der Waals surface area contributed by atoms with E-state index in [1.807, 2.05) is 13.0 Å². The molecule has 23 heavy (non-hydrogen) atoms. The predicted octanol–water partition coefficient (Wildman–Crippen LogP) is 1.45. The van der Waals surface area contributed by atoms with Crippen molar-refractivity contribution in [2.75, 3.05) is 13.7 Å². The predicted molar refractivity (Wildman–Crippen MR) is 87.3 cm³/mol. The fourth-order valence-electron chi connectivity index (χ4n) is 2.54. The Morgan fingerprint density at radius 1 is 1.30 bits per heavy atom. The summed E-state index contributed by atoms with van der Waals surface area (Å²) >= 11 is 6.25. The molecule has 1 aromatic rings. The molecule has 1 aromatic carbocycles. The molecule has 0 aromatic heterocycles. The van der Waals surface area contributed by atoms with Crippen molar-refractivity contribution < 1.29 is 4.74 Å². The van der Waals surface area contributed by atoms with Crippen LogP contribution in [0.25, 0.3) is 22.6 Å². The third-order valence-corrected chi connectivity index (χ3v) is 4.03. The van der Waals surface area contributed by atoms with Gasteiger partial charge in [0.25, 0.3) is 5.56 Å². The first kappa shape index (κ1) is 15.6. The zero-order chi connectivity index (χ0) is 16.6. The Kier molecular flexibility index (Phi) is 4.14. The van der Waals surface area contributed by atoms with Crippen LogP contribution in [-0.4, -0.2) is 33.2 Å². The van der Waals surface area contributed by atoms with Crippen molar-refractivity contribution in [2.45, 2.75) is 19.9 Å².